The summed E-state index contributed by atoms with van der Waals surface area (Å²) in [6.45, 7) is 0.890. The fraction of sp³-hybridized carbons (Fsp3) is 0.333. The monoisotopic (exact) mass is 307 g/mol. The van der Waals surface area contributed by atoms with Crippen molar-refractivity contribution in [3.8, 4) is 5.69 Å². The Morgan fingerprint density at radius 1 is 1.45 bits per heavy atom. The van der Waals surface area contributed by atoms with E-state index in [0.29, 0.717) is 6.61 Å². The number of benzene rings is 1. The van der Waals surface area contributed by atoms with Gasteiger partial charge >= 0.3 is 0 Å². The molecule has 22 heavy (non-hydrogen) atoms. The molecule has 1 fully saturated rings. The summed E-state index contributed by atoms with van der Waals surface area (Å²) in [4.78, 5) is 11.8. The SMILES string of the molecule is O=C(NCc1cnn(-c2ccc(F)cc2F)c1)[C@H]1CCCO1. The summed E-state index contributed by atoms with van der Waals surface area (Å²) in [6, 6.07) is 3.28. The van der Waals surface area contributed by atoms with Gasteiger partial charge in [0.1, 0.15) is 17.6 Å². The molecule has 1 amide bonds. The third-order valence-corrected chi connectivity index (χ3v) is 3.48. The zero-order valence-corrected chi connectivity index (χ0v) is 11.8. The fourth-order valence-electron chi connectivity index (χ4n) is 2.34. The summed E-state index contributed by atoms with van der Waals surface area (Å²) >= 11 is 0. The molecule has 2 aromatic rings. The number of carbonyl (C=O) groups is 1. The predicted octanol–water partition coefficient (Wildman–Crippen LogP) is 1.95. The Balaban J connectivity index is 1.64. The van der Waals surface area contributed by atoms with Crippen molar-refractivity contribution in [3.63, 3.8) is 0 Å². The van der Waals surface area contributed by atoms with Crippen LogP contribution in [0.5, 0.6) is 0 Å². The number of halogens is 2. The van der Waals surface area contributed by atoms with Crippen LogP contribution < -0.4 is 5.32 Å². The Kier molecular flexibility index (Phi) is 4.15. The minimum Gasteiger partial charge on any atom is -0.368 e. The van der Waals surface area contributed by atoms with Gasteiger partial charge in [-0.15, -0.1) is 0 Å². The molecule has 1 aliphatic heterocycles. The molecule has 1 saturated heterocycles. The lowest BCUT2D eigenvalue weighted by atomic mass is 10.2. The molecule has 5 nitrogen and oxygen atoms in total. The standard InChI is InChI=1S/C15H15F2N3O2/c16-11-3-4-13(12(17)6-11)20-9-10(8-19-20)7-18-15(21)14-2-1-5-22-14/h3-4,6,8-9,14H,1-2,5,7H2,(H,18,21)/t14-/m1/s1. The van der Waals surface area contributed by atoms with Gasteiger partial charge < -0.3 is 10.1 Å². The molecule has 0 aliphatic carbocycles. The Morgan fingerprint density at radius 3 is 3.05 bits per heavy atom. The third-order valence-electron chi connectivity index (χ3n) is 3.48. The summed E-state index contributed by atoms with van der Waals surface area (Å²) in [7, 11) is 0. The number of ether oxygens (including phenoxy) is 1. The maximum Gasteiger partial charge on any atom is 0.249 e. The highest BCUT2D eigenvalue weighted by molar-refractivity contribution is 5.80. The second-order valence-electron chi connectivity index (χ2n) is 5.11. The van der Waals surface area contributed by atoms with Crippen LogP contribution in [0.1, 0.15) is 18.4 Å². The zero-order chi connectivity index (χ0) is 15.5. The van der Waals surface area contributed by atoms with E-state index in [9.17, 15) is 13.6 Å². The van der Waals surface area contributed by atoms with E-state index in [1.165, 1.54) is 23.0 Å². The van der Waals surface area contributed by atoms with E-state index in [4.69, 9.17) is 4.74 Å². The number of nitrogens with one attached hydrogen (secondary N) is 1. The molecule has 116 valence electrons. The first kappa shape index (κ1) is 14.6. The third kappa shape index (κ3) is 3.14. The first-order valence-corrected chi connectivity index (χ1v) is 7.02. The Bertz CT molecular complexity index is 681. The van der Waals surface area contributed by atoms with Crippen LogP contribution in [0.4, 0.5) is 8.78 Å². The van der Waals surface area contributed by atoms with Gasteiger partial charge in [0, 0.05) is 31.0 Å². The number of amides is 1. The largest absolute Gasteiger partial charge is 0.368 e. The van der Waals surface area contributed by atoms with Crippen LogP contribution in [0, 0.1) is 11.6 Å². The van der Waals surface area contributed by atoms with E-state index in [0.717, 1.165) is 24.5 Å². The van der Waals surface area contributed by atoms with E-state index in [1.807, 2.05) is 0 Å². The van der Waals surface area contributed by atoms with Gasteiger partial charge in [0.05, 0.1) is 6.20 Å². The predicted molar refractivity (Wildman–Crippen MR) is 74.3 cm³/mol. The number of rotatable bonds is 4. The average molecular weight is 307 g/mol. The maximum atomic E-state index is 13.7. The first-order chi connectivity index (χ1) is 10.6. The quantitative estimate of drug-likeness (QED) is 0.939. The molecule has 2 heterocycles. The van der Waals surface area contributed by atoms with Crippen LogP contribution in [0.25, 0.3) is 5.69 Å². The molecule has 1 aromatic carbocycles. The van der Waals surface area contributed by atoms with Crippen LogP contribution in [0.15, 0.2) is 30.6 Å². The second kappa shape index (κ2) is 6.23. The zero-order valence-electron chi connectivity index (χ0n) is 11.8. The number of hydrogen-bond acceptors (Lipinski definition) is 3. The summed E-state index contributed by atoms with van der Waals surface area (Å²) in [5.41, 5.74) is 0.869. The highest BCUT2D eigenvalue weighted by atomic mass is 19.1. The van der Waals surface area contributed by atoms with Gasteiger partial charge in [0.25, 0.3) is 0 Å². The Hall–Kier alpha value is -2.28. The maximum absolute atomic E-state index is 13.7. The van der Waals surface area contributed by atoms with Gasteiger partial charge in [-0.1, -0.05) is 0 Å². The van der Waals surface area contributed by atoms with E-state index < -0.39 is 11.6 Å². The van der Waals surface area contributed by atoms with Crippen LogP contribution in [-0.4, -0.2) is 28.4 Å². The molecule has 7 heteroatoms. The summed E-state index contributed by atoms with van der Waals surface area (Å²) in [5.74, 6) is -1.49. The van der Waals surface area contributed by atoms with E-state index in [2.05, 4.69) is 10.4 Å². The molecular formula is C15H15F2N3O2. The molecule has 0 saturated carbocycles. The molecule has 0 unspecified atom stereocenters. The lowest BCUT2D eigenvalue weighted by Crippen LogP contribution is -2.33. The lowest BCUT2D eigenvalue weighted by Gasteiger charge is -2.09. The molecule has 0 radical (unpaired) electrons. The normalized spacial score (nSPS) is 17.6. The topological polar surface area (TPSA) is 56.2 Å². The molecule has 1 N–H and O–H groups in total. The van der Waals surface area contributed by atoms with Gasteiger partial charge in [-0.05, 0) is 25.0 Å². The van der Waals surface area contributed by atoms with Gasteiger partial charge in [-0.2, -0.15) is 5.10 Å². The lowest BCUT2D eigenvalue weighted by molar-refractivity contribution is -0.130. The summed E-state index contributed by atoms with van der Waals surface area (Å²) < 4.78 is 33.2. The molecule has 1 atom stereocenters. The van der Waals surface area contributed by atoms with Crippen molar-refractivity contribution in [1.29, 1.82) is 0 Å². The molecule has 1 aromatic heterocycles. The average Bonchev–Trinajstić information content (AvgIpc) is 3.16. The molecular weight excluding hydrogens is 292 g/mol. The molecule has 3 rings (SSSR count). The first-order valence-electron chi connectivity index (χ1n) is 7.02. The number of aromatic nitrogens is 2. The minimum atomic E-state index is -0.696. The minimum absolute atomic E-state index is 0.151. The highest BCUT2D eigenvalue weighted by Gasteiger charge is 2.23. The highest BCUT2D eigenvalue weighted by Crippen LogP contribution is 2.15. The van der Waals surface area contributed by atoms with Crippen molar-refractivity contribution in [2.75, 3.05) is 6.61 Å². The van der Waals surface area contributed by atoms with Crippen molar-refractivity contribution in [1.82, 2.24) is 15.1 Å². The van der Waals surface area contributed by atoms with Gasteiger partial charge in [0.2, 0.25) is 5.91 Å². The smallest absolute Gasteiger partial charge is 0.249 e. The van der Waals surface area contributed by atoms with Gasteiger partial charge in [-0.25, -0.2) is 13.5 Å². The van der Waals surface area contributed by atoms with Crippen molar-refractivity contribution in [2.45, 2.75) is 25.5 Å². The van der Waals surface area contributed by atoms with Crippen LogP contribution in [0.2, 0.25) is 0 Å². The van der Waals surface area contributed by atoms with Crippen LogP contribution in [0.3, 0.4) is 0 Å². The van der Waals surface area contributed by atoms with Gasteiger partial charge in [0.15, 0.2) is 5.82 Å². The van der Waals surface area contributed by atoms with Crippen molar-refractivity contribution in [2.24, 2.45) is 0 Å². The second-order valence-corrected chi connectivity index (χ2v) is 5.11. The van der Waals surface area contributed by atoms with Crippen molar-refractivity contribution < 1.29 is 18.3 Å². The number of hydrogen-bond donors (Lipinski definition) is 1. The Morgan fingerprint density at radius 2 is 2.32 bits per heavy atom. The number of carbonyl (C=O) groups excluding carboxylic acids is 1. The summed E-state index contributed by atoms with van der Waals surface area (Å²) in [5, 5.41) is 6.78. The van der Waals surface area contributed by atoms with Crippen molar-refractivity contribution >= 4 is 5.91 Å². The van der Waals surface area contributed by atoms with Crippen LogP contribution in [-0.2, 0) is 16.1 Å². The Labute approximate surface area is 125 Å². The van der Waals surface area contributed by atoms with Crippen LogP contribution >= 0.6 is 0 Å². The fourth-order valence-corrected chi connectivity index (χ4v) is 2.34. The van der Waals surface area contributed by atoms with Gasteiger partial charge in [-0.3, -0.25) is 4.79 Å². The molecule has 0 spiro atoms. The molecule has 0 bridgehead atoms. The summed E-state index contributed by atoms with van der Waals surface area (Å²) in [6.07, 6.45) is 4.35. The van der Waals surface area contributed by atoms with E-state index in [1.54, 1.807) is 6.20 Å². The molecule has 1 aliphatic rings. The van der Waals surface area contributed by atoms with Crippen molar-refractivity contribution in [3.05, 3.63) is 47.8 Å². The van der Waals surface area contributed by atoms with E-state index >= 15 is 0 Å². The van der Waals surface area contributed by atoms with E-state index in [-0.39, 0.29) is 24.2 Å². The number of nitrogens with zero attached hydrogens (tertiary/aromatic N) is 2.